The summed E-state index contributed by atoms with van der Waals surface area (Å²) in [5.41, 5.74) is 0.955. The molecular formula is C17H21N5O2S. The molecule has 2 N–H and O–H groups in total. The molecule has 2 amide bonds. The number of hydrogen-bond donors (Lipinski definition) is 2. The van der Waals surface area contributed by atoms with Crippen LogP contribution in [0.1, 0.15) is 25.1 Å². The molecule has 0 radical (unpaired) electrons. The van der Waals surface area contributed by atoms with Gasteiger partial charge in [0.2, 0.25) is 11.8 Å². The van der Waals surface area contributed by atoms with E-state index in [0.29, 0.717) is 18.1 Å². The molecule has 0 saturated carbocycles. The van der Waals surface area contributed by atoms with Crippen LogP contribution in [0.4, 0.5) is 0 Å². The van der Waals surface area contributed by atoms with Crippen LogP contribution in [-0.4, -0.2) is 44.9 Å². The first-order chi connectivity index (χ1) is 12.1. The third kappa shape index (κ3) is 4.39. The number of rotatable bonds is 5. The van der Waals surface area contributed by atoms with E-state index in [1.807, 2.05) is 41.8 Å². The number of carbonyl (C=O) groups excluding carboxylic acids is 2. The molecule has 1 unspecified atom stereocenters. The monoisotopic (exact) mass is 359 g/mol. The van der Waals surface area contributed by atoms with Crippen LogP contribution >= 0.6 is 11.8 Å². The van der Waals surface area contributed by atoms with Crippen LogP contribution in [0.15, 0.2) is 35.5 Å². The first kappa shape index (κ1) is 17.5. The van der Waals surface area contributed by atoms with Gasteiger partial charge in [0.25, 0.3) is 0 Å². The summed E-state index contributed by atoms with van der Waals surface area (Å²) in [6, 6.07) is 9.33. The van der Waals surface area contributed by atoms with Crippen LogP contribution in [-0.2, 0) is 9.59 Å². The number of aromatic nitrogens is 3. The van der Waals surface area contributed by atoms with Crippen molar-refractivity contribution in [3.8, 4) is 5.69 Å². The van der Waals surface area contributed by atoms with E-state index in [1.165, 1.54) is 11.8 Å². The predicted molar refractivity (Wildman–Crippen MR) is 95.6 cm³/mol. The van der Waals surface area contributed by atoms with E-state index in [0.717, 1.165) is 24.4 Å². The number of para-hydroxylation sites is 1. The zero-order valence-electron chi connectivity index (χ0n) is 14.1. The fourth-order valence-electron chi connectivity index (χ4n) is 2.75. The van der Waals surface area contributed by atoms with E-state index >= 15 is 0 Å². The molecule has 25 heavy (non-hydrogen) atoms. The number of hydrogen-bond acceptors (Lipinski definition) is 5. The fraction of sp³-hybridized carbons (Fsp3) is 0.412. The molecule has 1 aliphatic heterocycles. The Hall–Kier alpha value is -2.35. The van der Waals surface area contributed by atoms with Crippen LogP contribution in [0.3, 0.4) is 0 Å². The van der Waals surface area contributed by atoms with Gasteiger partial charge in [0.1, 0.15) is 11.9 Å². The minimum Gasteiger partial charge on any atom is -0.354 e. The summed E-state index contributed by atoms with van der Waals surface area (Å²) in [5.74, 6) is 0.679. The average Bonchev–Trinajstić information content (AvgIpc) is 2.87. The van der Waals surface area contributed by atoms with Gasteiger partial charge in [-0.2, -0.15) is 0 Å². The summed E-state index contributed by atoms with van der Waals surface area (Å²) in [6.07, 6.45) is 2.56. The van der Waals surface area contributed by atoms with Crippen molar-refractivity contribution in [2.75, 3.05) is 12.3 Å². The normalized spacial score (nSPS) is 17.6. The SMILES string of the molecule is Cc1nnc(SCC(=O)NC2CCCCNC2=O)n1-c1ccccc1. The maximum Gasteiger partial charge on any atom is 0.242 e. The quantitative estimate of drug-likeness (QED) is 0.789. The molecule has 132 valence electrons. The number of nitrogens with one attached hydrogen (secondary N) is 2. The highest BCUT2D eigenvalue weighted by Crippen LogP contribution is 2.21. The lowest BCUT2D eigenvalue weighted by Crippen LogP contribution is -2.46. The Kier molecular flexibility index (Phi) is 5.70. The topological polar surface area (TPSA) is 88.9 Å². The Morgan fingerprint density at radius 3 is 2.92 bits per heavy atom. The lowest BCUT2D eigenvalue weighted by atomic mass is 10.1. The van der Waals surface area contributed by atoms with Gasteiger partial charge in [0.05, 0.1) is 5.75 Å². The lowest BCUT2D eigenvalue weighted by molar-refractivity contribution is -0.127. The van der Waals surface area contributed by atoms with Gasteiger partial charge in [-0.3, -0.25) is 14.2 Å². The van der Waals surface area contributed by atoms with Crippen LogP contribution in [0.2, 0.25) is 0 Å². The zero-order chi connectivity index (χ0) is 17.6. The fourth-order valence-corrected chi connectivity index (χ4v) is 3.56. The Bertz CT molecular complexity index is 747. The van der Waals surface area contributed by atoms with Crippen molar-refractivity contribution in [1.29, 1.82) is 0 Å². The summed E-state index contributed by atoms with van der Waals surface area (Å²) in [5, 5.41) is 14.6. The Balaban J connectivity index is 1.62. The second kappa shape index (κ2) is 8.15. The highest BCUT2D eigenvalue weighted by molar-refractivity contribution is 7.99. The minimum absolute atomic E-state index is 0.0980. The van der Waals surface area contributed by atoms with Gasteiger partial charge in [-0.1, -0.05) is 30.0 Å². The van der Waals surface area contributed by atoms with Crippen molar-refractivity contribution in [3.05, 3.63) is 36.2 Å². The number of carbonyl (C=O) groups is 2. The smallest absolute Gasteiger partial charge is 0.242 e. The maximum atomic E-state index is 12.2. The zero-order valence-corrected chi connectivity index (χ0v) is 14.9. The second-order valence-corrected chi connectivity index (χ2v) is 6.84. The molecule has 1 saturated heterocycles. The van der Waals surface area contributed by atoms with Crippen LogP contribution in [0.25, 0.3) is 5.69 Å². The van der Waals surface area contributed by atoms with Crippen molar-refractivity contribution in [2.45, 2.75) is 37.4 Å². The predicted octanol–water partition coefficient (Wildman–Crippen LogP) is 1.45. The second-order valence-electron chi connectivity index (χ2n) is 5.90. The minimum atomic E-state index is -0.440. The molecule has 2 aromatic rings. The lowest BCUT2D eigenvalue weighted by Gasteiger charge is -2.15. The summed E-state index contributed by atoms with van der Waals surface area (Å²) < 4.78 is 1.91. The molecule has 3 rings (SSSR count). The Labute approximate surface area is 150 Å². The Morgan fingerprint density at radius 2 is 2.12 bits per heavy atom. The number of amides is 2. The number of thioether (sulfide) groups is 1. The molecule has 7 nitrogen and oxygen atoms in total. The molecule has 1 atom stereocenters. The van der Waals surface area contributed by atoms with E-state index in [9.17, 15) is 9.59 Å². The van der Waals surface area contributed by atoms with E-state index < -0.39 is 6.04 Å². The van der Waals surface area contributed by atoms with Crippen LogP contribution in [0.5, 0.6) is 0 Å². The maximum absolute atomic E-state index is 12.2. The Morgan fingerprint density at radius 1 is 1.32 bits per heavy atom. The van der Waals surface area contributed by atoms with Gasteiger partial charge in [-0.25, -0.2) is 0 Å². The van der Waals surface area contributed by atoms with Crippen molar-refractivity contribution in [3.63, 3.8) is 0 Å². The van der Waals surface area contributed by atoms with Gasteiger partial charge < -0.3 is 10.6 Å². The van der Waals surface area contributed by atoms with E-state index in [2.05, 4.69) is 20.8 Å². The van der Waals surface area contributed by atoms with Gasteiger partial charge >= 0.3 is 0 Å². The molecule has 0 spiro atoms. The third-order valence-electron chi connectivity index (χ3n) is 4.01. The van der Waals surface area contributed by atoms with Crippen LogP contribution < -0.4 is 10.6 Å². The first-order valence-corrected chi connectivity index (χ1v) is 9.31. The van der Waals surface area contributed by atoms with Crippen LogP contribution in [0, 0.1) is 6.92 Å². The van der Waals surface area contributed by atoms with Gasteiger partial charge in [0, 0.05) is 12.2 Å². The molecule has 1 aromatic carbocycles. The van der Waals surface area contributed by atoms with Crippen molar-refractivity contribution >= 4 is 23.6 Å². The standard InChI is InChI=1S/C17H21N5O2S/c1-12-20-21-17(22(12)13-7-3-2-4-8-13)25-11-15(23)19-14-9-5-6-10-18-16(14)24/h2-4,7-8,14H,5-6,9-11H2,1H3,(H,18,24)(H,19,23). The largest absolute Gasteiger partial charge is 0.354 e. The number of nitrogens with zero attached hydrogens (tertiary/aromatic N) is 3. The molecular weight excluding hydrogens is 338 g/mol. The molecule has 0 bridgehead atoms. The van der Waals surface area contributed by atoms with E-state index in [-0.39, 0.29) is 17.6 Å². The highest BCUT2D eigenvalue weighted by Gasteiger charge is 2.22. The summed E-state index contributed by atoms with van der Waals surface area (Å²) in [4.78, 5) is 24.1. The molecule has 0 aliphatic carbocycles. The molecule has 1 fully saturated rings. The molecule has 1 aromatic heterocycles. The van der Waals surface area contributed by atoms with E-state index in [1.54, 1.807) is 0 Å². The van der Waals surface area contributed by atoms with Crippen molar-refractivity contribution in [1.82, 2.24) is 25.4 Å². The van der Waals surface area contributed by atoms with Crippen molar-refractivity contribution < 1.29 is 9.59 Å². The number of benzene rings is 1. The average molecular weight is 359 g/mol. The molecule has 1 aliphatic rings. The molecule has 8 heteroatoms. The summed E-state index contributed by atoms with van der Waals surface area (Å²) in [6.45, 7) is 2.55. The van der Waals surface area contributed by atoms with Crippen molar-refractivity contribution in [2.24, 2.45) is 0 Å². The van der Waals surface area contributed by atoms with E-state index in [4.69, 9.17) is 0 Å². The molecule has 2 heterocycles. The number of aryl methyl sites for hydroxylation is 1. The first-order valence-electron chi connectivity index (χ1n) is 8.32. The van der Waals surface area contributed by atoms with Gasteiger partial charge in [0.15, 0.2) is 5.16 Å². The van der Waals surface area contributed by atoms with Gasteiger partial charge in [-0.15, -0.1) is 10.2 Å². The summed E-state index contributed by atoms with van der Waals surface area (Å²) >= 11 is 1.31. The summed E-state index contributed by atoms with van der Waals surface area (Å²) in [7, 11) is 0. The highest BCUT2D eigenvalue weighted by atomic mass is 32.2. The third-order valence-corrected chi connectivity index (χ3v) is 4.94. The van der Waals surface area contributed by atoms with Gasteiger partial charge in [-0.05, 0) is 38.3 Å².